The molecule has 2 amide bonds. The Morgan fingerprint density at radius 1 is 0.524 bits per heavy atom. The van der Waals surface area contributed by atoms with Crippen molar-refractivity contribution in [2.45, 2.75) is 13.1 Å². The lowest BCUT2D eigenvalue weighted by molar-refractivity contribution is 0.240. The SMILES string of the molecule is Fc1c(F)c(I)c(F)c(F)c1I.Fc1c(F)c(I)c(F)c(F)c1I.O=C(NCc1ccccn1)NCc1ccccn1. The highest BCUT2D eigenvalue weighted by Crippen LogP contribution is 2.27. The van der Waals surface area contributed by atoms with Gasteiger partial charge in [-0.3, -0.25) is 9.97 Å². The summed E-state index contributed by atoms with van der Waals surface area (Å²) in [5.41, 5.74) is 1.65. The number of amides is 2. The highest BCUT2D eigenvalue weighted by Gasteiger charge is 2.22. The summed E-state index contributed by atoms with van der Waals surface area (Å²) in [6, 6.07) is 10.9. The number of urea groups is 1. The minimum absolute atomic E-state index is 0.230. The number of aromatic nitrogens is 2. The Kier molecular flexibility index (Phi) is 15.3. The number of carbonyl (C=O) groups is 1. The molecule has 0 aliphatic rings. The Morgan fingerprint density at radius 3 is 1.00 bits per heavy atom. The van der Waals surface area contributed by atoms with Gasteiger partial charge in [-0.15, -0.1) is 0 Å². The lowest BCUT2D eigenvalue weighted by Gasteiger charge is -2.06. The molecule has 0 saturated heterocycles. The second-order valence-corrected chi connectivity index (χ2v) is 11.8. The summed E-state index contributed by atoms with van der Waals surface area (Å²) in [6.45, 7) is 0.823. The van der Waals surface area contributed by atoms with Crippen LogP contribution in [0.25, 0.3) is 0 Å². The van der Waals surface area contributed by atoms with Crippen molar-refractivity contribution in [3.63, 3.8) is 0 Å². The number of halogens is 12. The molecular formula is C25H14F8I4N4O. The molecule has 0 aliphatic carbocycles. The van der Waals surface area contributed by atoms with Crippen LogP contribution in [0.2, 0.25) is 0 Å². The van der Waals surface area contributed by atoms with Gasteiger partial charge in [0.25, 0.3) is 0 Å². The topological polar surface area (TPSA) is 66.9 Å². The molecule has 0 aliphatic heterocycles. The summed E-state index contributed by atoms with van der Waals surface area (Å²) in [5, 5.41) is 5.46. The average Bonchev–Trinajstić information content (AvgIpc) is 3.02. The highest BCUT2D eigenvalue weighted by molar-refractivity contribution is 14.1. The van der Waals surface area contributed by atoms with Crippen LogP contribution in [0.15, 0.2) is 48.8 Å². The largest absolute Gasteiger partial charge is 0.333 e. The van der Waals surface area contributed by atoms with Crippen LogP contribution < -0.4 is 10.6 Å². The minimum atomic E-state index is -1.35. The number of nitrogens with zero attached hydrogens (tertiary/aromatic N) is 2. The standard InChI is InChI=1S/C13H14N4O.2C6F4I2/c18-13(16-9-11-5-1-3-7-14-11)17-10-12-6-2-4-8-15-12;2*7-1-2(8)6(12)4(10)3(9)5(1)11/h1-8H,9-10H2,(H2,16,17,18);;. The van der Waals surface area contributed by atoms with E-state index < -0.39 is 60.8 Å². The zero-order valence-corrected chi connectivity index (χ0v) is 29.0. The maximum Gasteiger partial charge on any atom is 0.315 e. The molecule has 5 nitrogen and oxygen atoms in total. The van der Waals surface area contributed by atoms with Crippen LogP contribution in [-0.2, 0) is 13.1 Å². The molecule has 2 heterocycles. The average molecular weight is 1050 g/mol. The molecule has 0 atom stereocenters. The lowest BCUT2D eigenvalue weighted by Crippen LogP contribution is -2.34. The zero-order chi connectivity index (χ0) is 31.6. The van der Waals surface area contributed by atoms with Crippen LogP contribution in [0.5, 0.6) is 0 Å². The molecule has 224 valence electrons. The van der Waals surface area contributed by atoms with E-state index in [2.05, 4.69) is 20.6 Å². The van der Waals surface area contributed by atoms with E-state index in [9.17, 15) is 39.9 Å². The van der Waals surface area contributed by atoms with Crippen molar-refractivity contribution in [1.29, 1.82) is 0 Å². The van der Waals surface area contributed by atoms with E-state index in [1.54, 1.807) is 12.4 Å². The van der Waals surface area contributed by atoms with Crippen molar-refractivity contribution >= 4 is 96.4 Å². The number of hydrogen-bond acceptors (Lipinski definition) is 3. The molecule has 42 heavy (non-hydrogen) atoms. The maximum atomic E-state index is 12.6. The van der Waals surface area contributed by atoms with Crippen molar-refractivity contribution in [3.8, 4) is 0 Å². The summed E-state index contributed by atoms with van der Waals surface area (Å²) in [7, 11) is 0. The number of rotatable bonds is 4. The Hall–Kier alpha value is -1.63. The van der Waals surface area contributed by atoms with Gasteiger partial charge in [0, 0.05) is 12.4 Å². The molecule has 0 unspecified atom stereocenters. The summed E-state index contributed by atoms with van der Waals surface area (Å²) >= 11 is 4.81. The third-order valence-corrected chi connectivity index (χ3v) is 8.41. The lowest BCUT2D eigenvalue weighted by atomic mass is 10.3. The fourth-order valence-electron chi connectivity index (χ4n) is 2.57. The normalized spacial score (nSPS) is 10.2. The zero-order valence-electron chi connectivity index (χ0n) is 20.4. The maximum absolute atomic E-state index is 12.6. The number of pyridine rings is 2. The Morgan fingerprint density at radius 2 is 0.786 bits per heavy atom. The molecule has 0 saturated carbocycles. The Bertz CT molecular complexity index is 1210. The van der Waals surface area contributed by atoms with Gasteiger partial charge in [0.05, 0.1) is 38.8 Å². The first-order valence-electron chi connectivity index (χ1n) is 10.9. The van der Waals surface area contributed by atoms with E-state index in [0.717, 1.165) is 11.4 Å². The van der Waals surface area contributed by atoms with E-state index in [-0.39, 0.29) is 6.03 Å². The third-order valence-electron chi connectivity index (χ3n) is 4.62. The van der Waals surface area contributed by atoms with Gasteiger partial charge in [0.2, 0.25) is 0 Å². The van der Waals surface area contributed by atoms with Gasteiger partial charge in [0.15, 0.2) is 46.5 Å². The summed E-state index contributed by atoms with van der Waals surface area (Å²) < 4.78 is 98.5. The van der Waals surface area contributed by atoms with Crippen LogP contribution in [0, 0.1) is 60.8 Å². The predicted molar refractivity (Wildman–Crippen MR) is 171 cm³/mol. The van der Waals surface area contributed by atoms with Crippen LogP contribution in [0.3, 0.4) is 0 Å². The van der Waals surface area contributed by atoms with Gasteiger partial charge in [-0.25, -0.2) is 39.9 Å². The fraction of sp³-hybridized carbons (Fsp3) is 0.0800. The first-order chi connectivity index (χ1) is 19.8. The molecule has 2 aromatic heterocycles. The highest BCUT2D eigenvalue weighted by atomic mass is 127. The van der Waals surface area contributed by atoms with Gasteiger partial charge in [-0.05, 0) is 115 Å². The second-order valence-electron chi connectivity index (χ2n) is 7.45. The van der Waals surface area contributed by atoms with Crippen molar-refractivity contribution in [2.75, 3.05) is 0 Å². The molecule has 2 N–H and O–H groups in total. The van der Waals surface area contributed by atoms with Gasteiger partial charge in [-0.1, -0.05) is 12.1 Å². The smallest absolute Gasteiger partial charge is 0.315 e. The van der Waals surface area contributed by atoms with Crippen molar-refractivity contribution in [3.05, 3.63) is 121 Å². The molecule has 2 aromatic carbocycles. The van der Waals surface area contributed by atoms with E-state index in [1.165, 1.54) is 90.4 Å². The van der Waals surface area contributed by atoms with Crippen LogP contribution >= 0.6 is 90.4 Å². The molecule has 0 spiro atoms. The van der Waals surface area contributed by atoms with Gasteiger partial charge in [0.1, 0.15) is 0 Å². The van der Waals surface area contributed by atoms with E-state index in [4.69, 9.17) is 0 Å². The third kappa shape index (κ3) is 10.2. The molecule has 4 rings (SSSR count). The predicted octanol–water partition coefficient (Wildman–Crippen LogP) is 8.38. The number of benzene rings is 2. The van der Waals surface area contributed by atoms with Crippen molar-refractivity contribution in [1.82, 2.24) is 20.6 Å². The fourth-order valence-corrected chi connectivity index (χ4v) is 4.46. The summed E-state index contributed by atoms with van der Waals surface area (Å²) in [4.78, 5) is 19.7. The second kappa shape index (κ2) is 17.6. The van der Waals surface area contributed by atoms with Crippen molar-refractivity contribution in [2.24, 2.45) is 0 Å². The first-order valence-corrected chi connectivity index (χ1v) is 15.2. The number of nitrogens with one attached hydrogen (secondary N) is 2. The van der Waals surface area contributed by atoms with Crippen molar-refractivity contribution < 1.29 is 39.9 Å². The number of hydrogen-bond donors (Lipinski definition) is 2. The minimum Gasteiger partial charge on any atom is -0.333 e. The molecule has 17 heteroatoms. The van der Waals surface area contributed by atoms with E-state index >= 15 is 0 Å². The summed E-state index contributed by atoms with van der Waals surface area (Å²) in [5.74, 6) is -10.8. The van der Waals surface area contributed by atoms with Gasteiger partial charge < -0.3 is 10.6 Å². The monoisotopic (exact) mass is 1050 g/mol. The first kappa shape index (κ1) is 36.6. The molecule has 4 aromatic rings. The molecule has 0 fully saturated rings. The molecule has 0 bridgehead atoms. The Labute approximate surface area is 288 Å². The summed E-state index contributed by atoms with van der Waals surface area (Å²) in [6.07, 6.45) is 3.39. The van der Waals surface area contributed by atoms with Crippen LogP contribution in [-0.4, -0.2) is 16.0 Å². The van der Waals surface area contributed by atoms with Crippen LogP contribution in [0.4, 0.5) is 39.9 Å². The number of carbonyl (C=O) groups excluding carboxylic acids is 1. The van der Waals surface area contributed by atoms with Gasteiger partial charge >= 0.3 is 6.03 Å². The Balaban J connectivity index is 0.000000228. The quantitative estimate of drug-likeness (QED) is 0.0936. The van der Waals surface area contributed by atoms with E-state index in [1.807, 2.05) is 36.4 Å². The van der Waals surface area contributed by atoms with Gasteiger partial charge in [-0.2, -0.15) is 0 Å². The molecule has 0 radical (unpaired) electrons. The van der Waals surface area contributed by atoms with Crippen LogP contribution in [0.1, 0.15) is 11.4 Å². The molecular weight excluding hydrogens is 1030 g/mol. The van der Waals surface area contributed by atoms with E-state index in [0.29, 0.717) is 13.1 Å².